The number of hydrogen-bond donors (Lipinski definition) is 5. The van der Waals surface area contributed by atoms with Gasteiger partial charge in [0, 0.05) is 30.8 Å². The number of nitrogens with one attached hydrogen (secondary N) is 5. The largest absolute Gasteiger partial charge is 0.453 e. The van der Waals surface area contributed by atoms with Crippen LogP contribution >= 0.6 is 0 Å². The number of carbonyl (C=O) groups is 4. The van der Waals surface area contributed by atoms with Gasteiger partial charge in [-0.1, -0.05) is 32.0 Å². The molecular weight excluding hydrogens is 662 g/mol. The number of methoxy groups -OCH3 is 1. The second-order valence-corrected chi connectivity index (χ2v) is 13.6. The Morgan fingerprint density at radius 3 is 2.50 bits per heavy atom. The number of likely N-dealkylation sites (tertiary alicyclic amines) is 1. The Morgan fingerprint density at radius 2 is 1.75 bits per heavy atom. The number of carbonyl (C=O) groups excluding carboxylic acids is 4. The second-order valence-electron chi connectivity index (χ2n) is 13.6. The first-order chi connectivity index (χ1) is 25.2. The van der Waals surface area contributed by atoms with Crippen LogP contribution in [0.5, 0.6) is 0 Å². The fraction of sp³-hybridized carbons (Fsp3) is 0.421. The number of aryl methyl sites for hydroxylation is 1. The van der Waals surface area contributed by atoms with Crippen LogP contribution in [0.3, 0.4) is 0 Å². The van der Waals surface area contributed by atoms with Crippen molar-refractivity contribution in [1.82, 2.24) is 40.8 Å². The van der Waals surface area contributed by atoms with Gasteiger partial charge in [0.05, 0.1) is 50.0 Å². The van der Waals surface area contributed by atoms with Crippen LogP contribution in [-0.4, -0.2) is 88.5 Å². The lowest BCUT2D eigenvalue weighted by Gasteiger charge is -2.30. The molecule has 14 nitrogen and oxygen atoms in total. The van der Waals surface area contributed by atoms with Gasteiger partial charge in [0.2, 0.25) is 11.8 Å². The Labute approximate surface area is 303 Å². The number of anilines is 1. The number of alkyl carbamates (subject to hydrolysis) is 1. The molecule has 0 aliphatic carbocycles. The van der Waals surface area contributed by atoms with Gasteiger partial charge >= 0.3 is 6.09 Å². The summed E-state index contributed by atoms with van der Waals surface area (Å²) >= 11 is 0. The van der Waals surface area contributed by atoms with Gasteiger partial charge in [0.15, 0.2) is 0 Å². The van der Waals surface area contributed by atoms with Gasteiger partial charge in [0.25, 0.3) is 5.91 Å². The van der Waals surface area contributed by atoms with Crippen molar-refractivity contribution in [1.29, 1.82) is 0 Å². The average molecular weight is 710 g/mol. The molecule has 274 valence electrons. The number of likely N-dealkylation sites (N-methyl/N-ethyl adjacent to an activating group) is 1. The molecule has 0 radical (unpaired) electrons. The highest BCUT2D eigenvalue weighted by molar-refractivity contribution is 6.10. The number of H-pyrrole nitrogens is 2. The summed E-state index contributed by atoms with van der Waals surface area (Å²) in [5.41, 5.74) is 6.02. The van der Waals surface area contributed by atoms with Crippen molar-refractivity contribution in [3.05, 3.63) is 77.6 Å². The summed E-state index contributed by atoms with van der Waals surface area (Å²) in [6.45, 7) is 5.78. The SMILES string of the molecule is CNCC(=O)NCCCCc1ncc(-c2ccc3c(c2)CN(c2ccc(-c4cnc(C5CCCN5C(=O)C(NC(=O)OC)C(C)C)[nH]4)cc2)C3=O)[nH]1. The molecule has 2 aliphatic rings. The summed E-state index contributed by atoms with van der Waals surface area (Å²) in [6, 6.07) is 12.8. The van der Waals surface area contributed by atoms with Crippen LogP contribution < -0.4 is 20.9 Å². The zero-order chi connectivity index (χ0) is 36.8. The summed E-state index contributed by atoms with van der Waals surface area (Å²) < 4.78 is 4.74. The van der Waals surface area contributed by atoms with Crippen LogP contribution in [0.4, 0.5) is 10.5 Å². The quantitative estimate of drug-likeness (QED) is 0.120. The first kappa shape index (κ1) is 36.3. The van der Waals surface area contributed by atoms with Gasteiger partial charge in [-0.3, -0.25) is 14.4 Å². The van der Waals surface area contributed by atoms with E-state index in [2.05, 4.69) is 35.9 Å². The normalized spacial score (nSPS) is 15.9. The molecule has 2 aliphatic heterocycles. The van der Waals surface area contributed by atoms with Crippen molar-refractivity contribution < 1.29 is 23.9 Å². The lowest BCUT2D eigenvalue weighted by molar-refractivity contribution is -0.135. The summed E-state index contributed by atoms with van der Waals surface area (Å²) in [5.74, 6) is 1.27. The Bertz CT molecular complexity index is 1900. The predicted molar refractivity (Wildman–Crippen MR) is 196 cm³/mol. The van der Waals surface area contributed by atoms with Gasteiger partial charge < -0.3 is 40.5 Å². The number of hydrogen-bond acceptors (Lipinski definition) is 8. The Morgan fingerprint density at radius 1 is 1.00 bits per heavy atom. The first-order valence-corrected chi connectivity index (χ1v) is 17.9. The summed E-state index contributed by atoms with van der Waals surface area (Å²) in [7, 11) is 3.03. The van der Waals surface area contributed by atoms with E-state index in [-0.39, 0.29) is 29.7 Å². The Hall–Kier alpha value is -5.50. The molecule has 2 aromatic carbocycles. The maximum absolute atomic E-state index is 13.5. The summed E-state index contributed by atoms with van der Waals surface area (Å²) in [4.78, 5) is 70.1. The van der Waals surface area contributed by atoms with Crippen LogP contribution in [0.25, 0.3) is 22.5 Å². The fourth-order valence-corrected chi connectivity index (χ4v) is 6.87. The van der Waals surface area contributed by atoms with Gasteiger partial charge in [-0.2, -0.15) is 0 Å². The molecule has 4 heterocycles. The molecule has 5 N–H and O–H groups in total. The molecule has 2 unspecified atom stereocenters. The van der Waals surface area contributed by atoms with E-state index >= 15 is 0 Å². The van der Waals surface area contributed by atoms with Crippen LogP contribution in [-0.2, 0) is 27.3 Å². The highest BCUT2D eigenvalue weighted by Gasteiger charge is 2.37. The number of nitrogens with zero attached hydrogens (tertiary/aromatic N) is 4. The first-order valence-electron chi connectivity index (χ1n) is 17.9. The van der Waals surface area contributed by atoms with Gasteiger partial charge in [0.1, 0.15) is 17.7 Å². The van der Waals surface area contributed by atoms with Crippen molar-refractivity contribution in [3.63, 3.8) is 0 Å². The third-order valence-electron chi connectivity index (χ3n) is 9.68. The number of amides is 4. The van der Waals surface area contributed by atoms with E-state index in [0.717, 1.165) is 71.7 Å². The van der Waals surface area contributed by atoms with Crippen LogP contribution in [0.2, 0.25) is 0 Å². The number of fused-ring (bicyclic) bond motifs is 1. The topological polar surface area (TPSA) is 177 Å². The van der Waals surface area contributed by atoms with Crippen molar-refractivity contribution in [2.75, 3.05) is 38.7 Å². The molecule has 1 saturated heterocycles. The molecule has 4 aromatic rings. The molecule has 0 saturated carbocycles. The number of rotatable bonds is 14. The molecule has 52 heavy (non-hydrogen) atoms. The lowest BCUT2D eigenvalue weighted by Crippen LogP contribution is -2.51. The van der Waals surface area contributed by atoms with Crippen LogP contribution in [0.1, 0.15) is 73.1 Å². The Kier molecular flexibility index (Phi) is 11.3. The highest BCUT2D eigenvalue weighted by Crippen LogP contribution is 2.35. The molecule has 14 heteroatoms. The van der Waals surface area contributed by atoms with E-state index in [1.54, 1.807) is 23.0 Å². The number of unbranched alkanes of at least 4 members (excludes halogenated alkanes) is 1. The van der Waals surface area contributed by atoms with Gasteiger partial charge in [-0.05, 0) is 79.6 Å². The highest BCUT2D eigenvalue weighted by atomic mass is 16.5. The van der Waals surface area contributed by atoms with E-state index < -0.39 is 12.1 Å². The van der Waals surface area contributed by atoms with E-state index in [9.17, 15) is 19.2 Å². The number of aromatic amines is 2. The minimum Gasteiger partial charge on any atom is -0.453 e. The van der Waals surface area contributed by atoms with E-state index in [1.165, 1.54) is 7.11 Å². The van der Waals surface area contributed by atoms with Gasteiger partial charge in [-0.15, -0.1) is 0 Å². The van der Waals surface area contributed by atoms with E-state index in [0.29, 0.717) is 37.6 Å². The molecule has 0 bridgehead atoms. The average Bonchev–Trinajstić information content (AvgIpc) is 3.97. The zero-order valence-corrected chi connectivity index (χ0v) is 30.1. The van der Waals surface area contributed by atoms with Crippen molar-refractivity contribution in [2.45, 2.75) is 64.6 Å². The monoisotopic (exact) mass is 709 g/mol. The van der Waals surface area contributed by atoms with Crippen LogP contribution in [0, 0.1) is 5.92 Å². The molecule has 1 fully saturated rings. The minimum atomic E-state index is -0.698. The number of aromatic nitrogens is 4. The molecule has 2 atom stereocenters. The predicted octanol–water partition coefficient (Wildman–Crippen LogP) is 4.33. The Balaban J connectivity index is 1.07. The van der Waals surface area contributed by atoms with E-state index in [1.807, 2.05) is 62.5 Å². The lowest BCUT2D eigenvalue weighted by atomic mass is 10.0. The number of ether oxygens (including phenoxy) is 1. The van der Waals surface area contributed by atoms with Crippen molar-refractivity contribution >= 4 is 29.5 Å². The maximum Gasteiger partial charge on any atom is 0.407 e. The third-order valence-corrected chi connectivity index (χ3v) is 9.68. The summed E-state index contributed by atoms with van der Waals surface area (Å²) in [6.07, 6.45) is 7.11. The van der Waals surface area contributed by atoms with E-state index in [4.69, 9.17) is 4.74 Å². The standard InChI is InChI=1S/C38H47N9O5/c1-23(2)34(45-38(51)52-4)37(50)46-17-7-8-31(46)35-42-20-29(44-35)24-10-13-27(14-11-24)47-22-26-18-25(12-15-28(26)36(47)49)30-19-41-32(43-30)9-5-6-16-40-33(48)21-39-3/h10-15,18-20,23,31,34,39H,5-9,16-17,21-22H2,1-4H3,(H,40,48)(H,41,43)(H,42,44)(H,45,51). The fourth-order valence-electron chi connectivity index (χ4n) is 6.87. The molecule has 6 rings (SSSR count). The van der Waals surface area contributed by atoms with Crippen molar-refractivity contribution in [3.8, 4) is 22.5 Å². The third kappa shape index (κ3) is 8.01. The number of benzene rings is 2. The van der Waals surface area contributed by atoms with Crippen molar-refractivity contribution in [2.24, 2.45) is 5.92 Å². The summed E-state index contributed by atoms with van der Waals surface area (Å²) in [5, 5.41) is 8.41. The second kappa shape index (κ2) is 16.2. The maximum atomic E-state index is 13.5. The minimum absolute atomic E-state index is 0.00583. The smallest absolute Gasteiger partial charge is 0.407 e. The van der Waals surface area contributed by atoms with Gasteiger partial charge in [-0.25, -0.2) is 14.8 Å². The number of imidazole rings is 2. The zero-order valence-electron chi connectivity index (χ0n) is 30.1. The molecule has 0 spiro atoms. The molecule has 4 amide bonds. The van der Waals surface area contributed by atoms with Crippen LogP contribution in [0.15, 0.2) is 54.9 Å². The molecular formula is C38H47N9O5. The molecule has 2 aromatic heterocycles.